The van der Waals surface area contributed by atoms with Crippen LogP contribution in [0.15, 0.2) is 41.3 Å². The number of ether oxygens (including phenoxy) is 1. The first kappa shape index (κ1) is 23.5. The van der Waals surface area contributed by atoms with Gasteiger partial charge in [-0.2, -0.15) is 4.31 Å². The Hall–Kier alpha value is -1.80. The highest BCUT2D eigenvalue weighted by Crippen LogP contribution is 2.24. The summed E-state index contributed by atoms with van der Waals surface area (Å²) in [6.45, 7) is 5.85. The highest BCUT2D eigenvalue weighted by molar-refractivity contribution is 7.89. The number of carbonyl (C=O) groups excluding carboxylic acids is 1. The van der Waals surface area contributed by atoms with Crippen LogP contribution in [0.4, 0.5) is 0 Å². The van der Waals surface area contributed by atoms with E-state index in [4.69, 9.17) is 27.9 Å². The fourth-order valence-corrected chi connectivity index (χ4v) is 4.66. The van der Waals surface area contributed by atoms with E-state index in [2.05, 4.69) is 5.32 Å². The lowest BCUT2D eigenvalue weighted by molar-refractivity contribution is -0.121. The molecule has 0 heterocycles. The molecule has 1 amide bonds. The standard InChI is InChI=1S/C20H24Cl2N2O4S/c1-4-24(13-20(25)23-12-15-6-7-16(21)11-18(15)22)29(26,27)17-8-9-19(28-5-2)14(3)10-17/h6-11H,4-5,12-13H2,1-3H3,(H,23,25). The van der Waals surface area contributed by atoms with Gasteiger partial charge in [0.05, 0.1) is 18.0 Å². The minimum Gasteiger partial charge on any atom is -0.494 e. The zero-order valence-electron chi connectivity index (χ0n) is 16.5. The second-order valence-electron chi connectivity index (χ2n) is 6.30. The zero-order valence-corrected chi connectivity index (χ0v) is 18.9. The summed E-state index contributed by atoms with van der Waals surface area (Å²) in [5.41, 5.74) is 1.41. The van der Waals surface area contributed by atoms with E-state index in [9.17, 15) is 13.2 Å². The van der Waals surface area contributed by atoms with Crippen LogP contribution in [0.2, 0.25) is 10.0 Å². The van der Waals surface area contributed by atoms with Gasteiger partial charge < -0.3 is 10.1 Å². The van der Waals surface area contributed by atoms with Crippen LogP contribution in [0.25, 0.3) is 0 Å². The highest BCUT2D eigenvalue weighted by Gasteiger charge is 2.26. The van der Waals surface area contributed by atoms with Gasteiger partial charge in [-0.15, -0.1) is 0 Å². The van der Waals surface area contributed by atoms with E-state index in [1.54, 1.807) is 44.2 Å². The molecule has 9 heteroatoms. The van der Waals surface area contributed by atoms with Crippen LogP contribution in [-0.2, 0) is 21.4 Å². The maximum absolute atomic E-state index is 13.0. The number of benzene rings is 2. The molecule has 0 bridgehead atoms. The summed E-state index contributed by atoms with van der Waals surface area (Å²) in [6, 6.07) is 9.63. The number of nitrogens with zero attached hydrogens (tertiary/aromatic N) is 1. The van der Waals surface area contributed by atoms with Crippen LogP contribution in [-0.4, -0.2) is 38.3 Å². The van der Waals surface area contributed by atoms with Crippen molar-refractivity contribution in [3.8, 4) is 5.75 Å². The van der Waals surface area contributed by atoms with Crippen molar-refractivity contribution in [2.45, 2.75) is 32.2 Å². The molecular formula is C20H24Cl2N2O4S. The van der Waals surface area contributed by atoms with E-state index in [-0.39, 0.29) is 24.5 Å². The average molecular weight is 459 g/mol. The Morgan fingerprint density at radius 1 is 1.14 bits per heavy atom. The summed E-state index contributed by atoms with van der Waals surface area (Å²) in [5.74, 6) is 0.205. The number of carbonyl (C=O) groups is 1. The number of hydrogen-bond donors (Lipinski definition) is 1. The maximum Gasteiger partial charge on any atom is 0.243 e. The van der Waals surface area contributed by atoms with Gasteiger partial charge in [0.1, 0.15) is 5.75 Å². The largest absolute Gasteiger partial charge is 0.494 e. The second-order valence-corrected chi connectivity index (χ2v) is 9.09. The van der Waals surface area contributed by atoms with Crippen LogP contribution >= 0.6 is 23.2 Å². The molecule has 158 valence electrons. The number of amides is 1. The number of halogens is 2. The first-order chi connectivity index (χ1) is 13.7. The minimum absolute atomic E-state index is 0.119. The smallest absolute Gasteiger partial charge is 0.243 e. The molecule has 0 atom stereocenters. The third kappa shape index (κ3) is 6.09. The number of likely N-dealkylation sites (N-methyl/N-ethyl adjacent to an activating group) is 1. The number of rotatable bonds is 9. The van der Waals surface area contributed by atoms with Crippen molar-refractivity contribution < 1.29 is 17.9 Å². The molecule has 0 radical (unpaired) electrons. The molecule has 2 aromatic carbocycles. The third-order valence-corrected chi connectivity index (χ3v) is 6.75. The molecule has 6 nitrogen and oxygen atoms in total. The normalized spacial score (nSPS) is 11.5. The Labute approximate surface area is 181 Å². The van der Waals surface area contributed by atoms with E-state index in [0.29, 0.717) is 33.5 Å². The van der Waals surface area contributed by atoms with Crippen LogP contribution in [0, 0.1) is 6.92 Å². The van der Waals surface area contributed by atoms with Crippen molar-refractivity contribution in [3.63, 3.8) is 0 Å². The van der Waals surface area contributed by atoms with Gasteiger partial charge in [0.2, 0.25) is 15.9 Å². The van der Waals surface area contributed by atoms with E-state index in [1.807, 2.05) is 6.92 Å². The molecule has 0 aliphatic rings. The van der Waals surface area contributed by atoms with Crippen LogP contribution in [0.3, 0.4) is 0 Å². The van der Waals surface area contributed by atoms with E-state index in [1.165, 1.54) is 6.07 Å². The topological polar surface area (TPSA) is 75.7 Å². The van der Waals surface area contributed by atoms with Gasteiger partial charge in [-0.3, -0.25) is 4.79 Å². The summed E-state index contributed by atoms with van der Waals surface area (Å²) in [5, 5.41) is 3.62. The Bertz CT molecular complexity index is 980. The first-order valence-electron chi connectivity index (χ1n) is 9.13. The van der Waals surface area contributed by atoms with Crippen molar-refractivity contribution in [2.75, 3.05) is 19.7 Å². The molecule has 0 aromatic heterocycles. The summed E-state index contributed by atoms with van der Waals surface area (Å²) in [7, 11) is -3.82. The SMILES string of the molecule is CCOc1ccc(S(=O)(=O)N(CC)CC(=O)NCc2ccc(Cl)cc2Cl)cc1C. The Balaban J connectivity index is 2.09. The summed E-state index contributed by atoms with van der Waals surface area (Å²) < 4.78 is 32.5. The van der Waals surface area contributed by atoms with Gasteiger partial charge in [0.25, 0.3) is 0 Å². The monoisotopic (exact) mass is 458 g/mol. The van der Waals surface area contributed by atoms with E-state index in [0.717, 1.165) is 4.31 Å². The van der Waals surface area contributed by atoms with Crippen LogP contribution in [0.5, 0.6) is 5.75 Å². The second kappa shape index (κ2) is 10.3. The summed E-state index contributed by atoms with van der Waals surface area (Å²) in [6.07, 6.45) is 0. The summed E-state index contributed by atoms with van der Waals surface area (Å²) in [4.78, 5) is 12.5. The molecule has 29 heavy (non-hydrogen) atoms. The minimum atomic E-state index is -3.82. The number of hydrogen-bond acceptors (Lipinski definition) is 4. The van der Waals surface area contributed by atoms with Crippen LogP contribution in [0.1, 0.15) is 25.0 Å². The number of nitrogens with one attached hydrogen (secondary N) is 1. The van der Waals surface area contributed by atoms with Crippen LogP contribution < -0.4 is 10.1 Å². The molecular weight excluding hydrogens is 435 g/mol. The Morgan fingerprint density at radius 2 is 1.86 bits per heavy atom. The highest BCUT2D eigenvalue weighted by atomic mass is 35.5. The summed E-state index contributed by atoms with van der Waals surface area (Å²) >= 11 is 12.0. The zero-order chi connectivity index (χ0) is 21.6. The molecule has 1 N–H and O–H groups in total. The van der Waals surface area contributed by atoms with Gasteiger partial charge in [-0.1, -0.05) is 36.2 Å². The van der Waals surface area contributed by atoms with Gasteiger partial charge in [0.15, 0.2) is 0 Å². The Kier molecular flexibility index (Phi) is 8.34. The molecule has 0 saturated carbocycles. The average Bonchev–Trinajstić information content (AvgIpc) is 2.66. The van der Waals surface area contributed by atoms with Crippen molar-refractivity contribution in [1.29, 1.82) is 0 Å². The van der Waals surface area contributed by atoms with Crippen molar-refractivity contribution in [3.05, 3.63) is 57.6 Å². The van der Waals surface area contributed by atoms with Crippen molar-refractivity contribution in [1.82, 2.24) is 9.62 Å². The molecule has 0 fully saturated rings. The maximum atomic E-state index is 13.0. The first-order valence-corrected chi connectivity index (χ1v) is 11.3. The van der Waals surface area contributed by atoms with Crippen molar-refractivity contribution >= 4 is 39.1 Å². The van der Waals surface area contributed by atoms with Gasteiger partial charge in [-0.25, -0.2) is 8.42 Å². The van der Waals surface area contributed by atoms with E-state index < -0.39 is 15.9 Å². The lowest BCUT2D eigenvalue weighted by atomic mass is 10.2. The van der Waals surface area contributed by atoms with Crippen molar-refractivity contribution in [2.24, 2.45) is 0 Å². The molecule has 0 aliphatic heterocycles. The fraction of sp³-hybridized carbons (Fsp3) is 0.350. The fourth-order valence-electron chi connectivity index (χ4n) is 2.69. The molecule has 0 saturated heterocycles. The quantitative estimate of drug-likeness (QED) is 0.615. The van der Waals surface area contributed by atoms with Gasteiger partial charge in [-0.05, 0) is 55.3 Å². The molecule has 0 spiro atoms. The number of aryl methyl sites for hydroxylation is 1. The molecule has 2 rings (SSSR count). The predicted molar refractivity (Wildman–Crippen MR) is 115 cm³/mol. The molecule has 0 aliphatic carbocycles. The lowest BCUT2D eigenvalue weighted by Crippen LogP contribution is -2.40. The van der Waals surface area contributed by atoms with E-state index >= 15 is 0 Å². The predicted octanol–water partition coefficient (Wildman–Crippen LogP) is 4.03. The number of sulfonamides is 1. The molecule has 0 unspecified atom stereocenters. The Morgan fingerprint density at radius 3 is 2.45 bits per heavy atom. The lowest BCUT2D eigenvalue weighted by Gasteiger charge is -2.21. The molecule has 2 aromatic rings. The van der Waals surface area contributed by atoms with Gasteiger partial charge >= 0.3 is 0 Å². The van der Waals surface area contributed by atoms with Gasteiger partial charge in [0, 0.05) is 23.1 Å². The third-order valence-electron chi connectivity index (χ3n) is 4.25.